The van der Waals surface area contributed by atoms with Crippen LogP contribution >= 0.6 is 11.3 Å². The molecule has 0 spiro atoms. The van der Waals surface area contributed by atoms with Crippen LogP contribution in [0.2, 0.25) is 0 Å². The van der Waals surface area contributed by atoms with Crippen molar-refractivity contribution in [2.24, 2.45) is 5.92 Å². The highest BCUT2D eigenvalue weighted by Gasteiger charge is 2.34. The number of piperidine rings is 1. The maximum Gasteiger partial charge on any atom is 0.252 e. The van der Waals surface area contributed by atoms with Gasteiger partial charge in [-0.3, -0.25) is 4.79 Å². The maximum atomic E-state index is 13.2. The van der Waals surface area contributed by atoms with Crippen LogP contribution in [-0.2, 0) is 20.2 Å². The number of aryl methyl sites for hydroxylation is 1. The van der Waals surface area contributed by atoms with E-state index in [-0.39, 0.29) is 17.9 Å². The van der Waals surface area contributed by atoms with Gasteiger partial charge in [-0.15, -0.1) is 11.3 Å². The Labute approximate surface area is 197 Å². The number of carbonyl (C=O) groups is 1. The lowest BCUT2D eigenvalue weighted by Gasteiger charge is -2.30. The zero-order valence-electron chi connectivity index (χ0n) is 19.1. The number of aromatic nitrogens is 4. The van der Waals surface area contributed by atoms with E-state index in [1.807, 2.05) is 33.8 Å². The summed E-state index contributed by atoms with van der Waals surface area (Å²) in [5.41, 5.74) is 0.541. The lowest BCUT2D eigenvalue weighted by molar-refractivity contribution is -0.120. The van der Waals surface area contributed by atoms with Gasteiger partial charge >= 0.3 is 0 Å². The predicted molar refractivity (Wildman–Crippen MR) is 127 cm³/mol. The molecule has 11 heteroatoms. The summed E-state index contributed by atoms with van der Waals surface area (Å²) in [6.45, 7) is 8.54. The Morgan fingerprint density at radius 3 is 2.58 bits per heavy atom. The highest BCUT2D eigenvalue weighted by Crippen LogP contribution is 2.30. The van der Waals surface area contributed by atoms with Gasteiger partial charge in [0.25, 0.3) is 16.0 Å². The fourth-order valence-electron chi connectivity index (χ4n) is 3.67. The lowest BCUT2D eigenvalue weighted by atomic mass is 9.92. The van der Waals surface area contributed by atoms with E-state index in [9.17, 15) is 13.2 Å². The Morgan fingerprint density at radius 2 is 1.94 bits per heavy atom. The third-order valence-corrected chi connectivity index (χ3v) is 8.87. The molecule has 4 heterocycles. The fourth-order valence-corrected chi connectivity index (χ4v) is 6.63. The second-order valence-electron chi connectivity index (χ2n) is 9.18. The Balaban J connectivity index is 1.56. The molecule has 1 aliphatic heterocycles. The van der Waals surface area contributed by atoms with Crippen LogP contribution in [0.4, 0.5) is 5.82 Å². The molecule has 0 radical (unpaired) electrons. The topological polar surface area (TPSA) is 110 Å². The van der Waals surface area contributed by atoms with Crippen molar-refractivity contribution in [3.63, 3.8) is 0 Å². The third-order valence-electron chi connectivity index (χ3n) is 5.54. The van der Waals surface area contributed by atoms with Crippen molar-refractivity contribution in [1.29, 1.82) is 0 Å². The summed E-state index contributed by atoms with van der Waals surface area (Å²) in [4.78, 5) is 22.7. The van der Waals surface area contributed by atoms with Gasteiger partial charge in [-0.1, -0.05) is 20.8 Å². The molecule has 33 heavy (non-hydrogen) atoms. The summed E-state index contributed by atoms with van der Waals surface area (Å²) in [6, 6.07) is 6.96. The van der Waals surface area contributed by atoms with Crippen molar-refractivity contribution in [2.75, 3.05) is 18.4 Å². The molecule has 1 unspecified atom stereocenters. The molecule has 1 N–H and O–H groups in total. The molecule has 3 aromatic rings. The molecule has 4 rings (SSSR count). The minimum atomic E-state index is -3.61. The molecule has 0 aliphatic carbocycles. The van der Waals surface area contributed by atoms with Crippen LogP contribution in [0.5, 0.6) is 0 Å². The number of thiophene rings is 1. The largest absolute Gasteiger partial charge is 0.310 e. The zero-order chi connectivity index (χ0) is 23.8. The van der Waals surface area contributed by atoms with E-state index in [1.54, 1.807) is 30.6 Å². The number of hydrogen-bond donors (Lipinski definition) is 1. The van der Waals surface area contributed by atoms with Gasteiger partial charge in [-0.25, -0.2) is 18.4 Å². The molecular weight excluding hydrogens is 460 g/mol. The lowest BCUT2D eigenvalue weighted by Crippen LogP contribution is -2.43. The molecule has 176 valence electrons. The second-order valence-corrected chi connectivity index (χ2v) is 12.6. The van der Waals surface area contributed by atoms with Crippen LogP contribution in [0.15, 0.2) is 40.9 Å². The van der Waals surface area contributed by atoms with E-state index in [1.165, 1.54) is 20.3 Å². The number of nitrogens with zero attached hydrogens (tertiary/aromatic N) is 5. The Morgan fingerprint density at radius 1 is 1.21 bits per heavy atom. The predicted octanol–water partition coefficient (Wildman–Crippen LogP) is 3.37. The number of carbonyl (C=O) groups excluding carboxylic acids is 1. The van der Waals surface area contributed by atoms with Crippen molar-refractivity contribution in [3.8, 4) is 5.95 Å². The Hall–Kier alpha value is -2.63. The average molecular weight is 489 g/mol. The van der Waals surface area contributed by atoms with Crippen LogP contribution in [-0.4, -0.2) is 51.5 Å². The fraction of sp³-hybridized carbons (Fsp3) is 0.455. The summed E-state index contributed by atoms with van der Waals surface area (Å²) in [5, 5.41) is 7.57. The Bertz CT molecular complexity index is 1240. The molecule has 1 saturated heterocycles. The van der Waals surface area contributed by atoms with E-state index in [4.69, 9.17) is 0 Å². The van der Waals surface area contributed by atoms with Crippen molar-refractivity contribution < 1.29 is 13.2 Å². The zero-order valence-corrected chi connectivity index (χ0v) is 20.8. The van der Waals surface area contributed by atoms with Gasteiger partial charge in [0, 0.05) is 41.8 Å². The van der Waals surface area contributed by atoms with Crippen LogP contribution in [0.3, 0.4) is 0 Å². The van der Waals surface area contributed by atoms with Crippen LogP contribution < -0.4 is 5.32 Å². The summed E-state index contributed by atoms with van der Waals surface area (Å²) >= 11 is 1.25. The molecule has 0 aromatic carbocycles. The summed E-state index contributed by atoms with van der Waals surface area (Å²) in [6.07, 6.45) is 4.46. The first-order valence-corrected chi connectivity index (χ1v) is 13.1. The minimum Gasteiger partial charge on any atom is -0.310 e. The summed E-state index contributed by atoms with van der Waals surface area (Å²) < 4.78 is 29.4. The number of sulfonamides is 1. The Kier molecular flexibility index (Phi) is 6.39. The third kappa shape index (κ3) is 4.99. The number of hydrogen-bond acceptors (Lipinski definition) is 7. The van der Waals surface area contributed by atoms with E-state index < -0.39 is 15.9 Å². The van der Waals surface area contributed by atoms with Crippen LogP contribution in [0, 0.1) is 12.8 Å². The number of rotatable bonds is 5. The molecular formula is C22H28N6O3S2. The average Bonchev–Trinajstić information content (AvgIpc) is 3.41. The van der Waals surface area contributed by atoms with Crippen LogP contribution in [0.25, 0.3) is 5.95 Å². The van der Waals surface area contributed by atoms with Crippen molar-refractivity contribution in [1.82, 2.24) is 24.1 Å². The van der Waals surface area contributed by atoms with Crippen molar-refractivity contribution in [3.05, 3.63) is 47.2 Å². The van der Waals surface area contributed by atoms with Crippen molar-refractivity contribution >= 4 is 33.1 Å². The summed E-state index contributed by atoms with van der Waals surface area (Å²) in [5.74, 6) is 0.108. The smallest absolute Gasteiger partial charge is 0.252 e. The normalized spacial score (nSPS) is 17.8. The molecule has 0 saturated carbocycles. The van der Waals surface area contributed by atoms with Gasteiger partial charge < -0.3 is 5.32 Å². The molecule has 1 aliphatic rings. The van der Waals surface area contributed by atoms with E-state index >= 15 is 0 Å². The first kappa shape index (κ1) is 23.5. The van der Waals surface area contributed by atoms with Gasteiger partial charge in [0.05, 0.1) is 11.6 Å². The monoisotopic (exact) mass is 488 g/mol. The highest BCUT2D eigenvalue weighted by molar-refractivity contribution is 7.91. The first-order chi connectivity index (χ1) is 15.6. The molecule has 0 bridgehead atoms. The van der Waals surface area contributed by atoms with E-state index in [2.05, 4.69) is 20.4 Å². The van der Waals surface area contributed by atoms with E-state index in [0.29, 0.717) is 35.4 Å². The van der Waals surface area contributed by atoms with Crippen LogP contribution in [0.1, 0.15) is 44.2 Å². The second kappa shape index (κ2) is 8.96. The van der Waals surface area contributed by atoms with Gasteiger partial charge in [0.2, 0.25) is 5.91 Å². The highest BCUT2D eigenvalue weighted by atomic mass is 32.2. The summed E-state index contributed by atoms with van der Waals surface area (Å²) in [7, 11) is -3.61. The van der Waals surface area contributed by atoms with E-state index in [0.717, 1.165) is 10.6 Å². The standard InChI is InChI=1S/C22H28N6O3S2/c1-15-8-9-19(32-15)33(30,31)27-12-5-7-16(14-27)20(29)25-18-13-17(22(2,3)4)26-28(18)21-23-10-6-11-24-21/h6,8-11,13,16H,5,7,12,14H2,1-4H3,(H,25,29). The molecule has 9 nitrogen and oxygen atoms in total. The number of anilines is 1. The molecule has 1 amide bonds. The SMILES string of the molecule is Cc1ccc(S(=O)(=O)N2CCCC(C(=O)Nc3cc(C(C)(C)C)nn3-c3ncccn3)C2)s1. The minimum absolute atomic E-state index is 0.146. The molecule has 3 aromatic heterocycles. The number of nitrogens with one attached hydrogen (secondary N) is 1. The molecule has 1 fully saturated rings. The van der Waals surface area contributed by atoms with Gasteiger partial charge in [-0.05, 0) is 38.0 Å². The van der Waals surface area contributed by atoms with Gasteiger partial charge in [0.1, 0.15) is 10.0 Å². The van der Waals surface area contributed by atoms with Gasteiger partial charge in [-0.2, -0.15) is 14.1 Å². The van der Waals surface area contributed by atoms with Crippen molar-refractivity contribution in [2.45, 2.75) is 50.2 Å². The first-order valence-electron chi connectivity index (χ1n) is 10.8. The maximum absolute atomic E-state index is 13.2. The van der Waals surface area contributed by atoms with Gasteiger partial charge in [0.15, 0.2) is 0 Å². The molecule has 1 atom stereocenters. The quantitative estimate of drug-likeness (QED) is 0.590. The number of amides is 1.